The first-order valence-electron chi connectivity index (χ1n) is 13.4. The van der Waals surface area contributed by atoms with Gasteiger partial charge in [0.2, 0.25) is 0 Å². The molecule has 2 amide bonds. The van der Waals surface area contributed by atoms with Crippen molar-refractivity contribution in [3.63, 3.8) is 0 Å². The second kappa shape index (κ2) is 20.6. The molecule has 1 aliphatic rings. The second-order valence-corrected chi connectivity index (χ2v) is 14.9. The van der Waals surface area contributed by atoms with E-state index in [-0.39, 0.29) is 30.0 Å². The Morgan fingerprint density at radius 3 is 1.16 bits per heavy atom. The second-order valence-electron chi connectivity index (χ2n) is 10.1. The van der Waals surface area contributed by atoms with Crippen molar-refractivity contribution in [2.45, 2.75) is 38.9 Å². The number of amides is 2. The summed E-state index contributed by atoms with van der Waals surface area (Å²) in [7, 11) is -1.70. The summed E-state index contributed by atoms with van der Waals surface area (Å²) in [6, 6.07) is 0. The van der Waals surface area contributed by atoms with E-state index >= 15 is 0 Å². The molecule has 0 saturated carbocycles. The highest BCUT2D eigenvalue weighted by Gasteiger charge is 2.36. The fraction of sp³-hybridized carbons (Fsp3) is 0.846. The summed E-state index contributed by atoms with van der Waals surface area (Å²) in [4.78, 5) is 23.9. The average molecular weight is 564 g/mol. The van der Waals surface area contributed by atoms with Gasteiger partial charge >= 0.3 is 0 Å². The van der Waals surface area contributed by atoms with Crippen molar-refractivity contribution in [1.82, 2.24) is 4.90 Å². The fourth-order valence-corrected chi connectivity index (χ4v) is 3.83. The van der Waals surface area contributed by atoms with Crippen LogP contribution in [0.4, 0.5) is 0 Å². The van der Waals surface area contributed by atoms with E-state index in [1.165, 1.54) is 12.2 Å². The van der Waals surface area contributed by atoms with Crippen molar-refractivity contribution in [1.29, 1.82) is 0 Å². The standard InChI is InChI=1S/C26H49NO10Si/c1-26(2,3)38(4,5)37-23-22-36-21-20-35-19-18-34-17-16-33-15-14-32-13-12-31-11-10-30-9-8-27-24(28)6-7-25(27)29/h6-7H,8-23H2,1-5H3. The van der Waals surface area contributed by atoms with Crippen LogP contribution in [0.5, 0.6) is 0 Å². The number of carbonyl (C=O) groups excluding carboxylic acids is 2. The molecule has 0 unspecified atom stereocenters. The fourth-order valence-electron chi connectivity index (χ4n) is 2.80. The Kier molecular flexibility index (Phi) is 18.9. The van der Waals surface area contributed by atoms with E-state index in [9.17, 15) is 9.59 Å². The van der Waals surface area contributed by atoms with E-state index in [4.69, 9.17) is 37.6 Å². The SMILES string of the molecule is CC(C)(C)[Si](C)(C)OCCOCCOCCOCCOCCOCCOCCOCCN1C(=O)C=CC1=O. The molecular formula is C26H49NO10Si. The Bertz CT molecular complexity index is 651. The number of imide groups is 1. The Balaban J connectivity index is 1.71. The van der Waals surface area contributed by atoms with E-state index < -0.39 is 8.32 Å². The molecular weight excluding hydrogens is 514 g/mol. The molecule has 0 radical (unpaired) electrons. The first-order valence-corrected chi connectivity index (χ1v) is 16.3. The van der Waals surface area contributed by atoms with E-state index in [0.29, 0.717) is 92.5 Å². The normalized spacial score (nSPS) is 14.3. The topological polar surface area (TPSA) is 111 Å². The number of ether oxygens (including phenoxy) is 7. The Hall–Kier alpha value is -1.22. The minimum absolute atomic E-state index is 0.213. The summed E-state index contributed by atoms with van der Waals surface area (Å²) in [6.45, 7) is 18.7. The molecule has 0 bridgehead atoms. The van der Waals surface area contributed by atoms with Crippen LogP contribution in [0.25, 0.3) is 0 Å². The summed E-state index contributed by atoms with van der Waals surface area (Å²) in [5.41, 5.74) is 0. The van der Waals surface area contributed by atoms with Crippen LogP contribution in [0.2, 0.25) is 18.1 Å². The largest absolute Gasteiger partial charge is 0.414 e. The van der Waals surface area contributed by atoms with Crippen LogP contribution < -0.4 is 0 Å². The van der Waals surface area contributed by atoms with Crippen molar-refractivity contribution in [2.75, 3.05) is 106 Å². The van der Waals surface area contributed by atoms with Crippen LogP contribution in [0.15, 0.2) is 12.2 Å². The first kappa shape index (κ1) is 34.8. The Labute approximate surface area is 229 Å². The van der Waals surface area contributed by atoms with Crippen LogP contribution >= 0.6 is 0 Å². The van der Waals surface area contributed by atoms with Crippen molar-refractivity contribution < 1.29 is 47.2 Å². The van der Waals surface area contributed by atoms with Crippen LogP contribution in [-0.4, -0.2) is 131 Å². The molecule has 1 rings (SSSR count). The molecule has 0 saturated heterocycles. The van der Waals surface area contributed by atoms with Gasteiger partial charge in [0, 0.05) is 12.2 Å². The molecule has 38 heavy (non-hydrogen) atoms. The molecule has 0 aromatic rings. The summed E-state index contributed by atoms with van der Waals surface area (Å²) in [5, 5.41) is 0.213. The van der Waals surface area contributed by atoms with Gasteiger partial charge in [-0.25, -0.2) is 0 Å². The minimum Gasteiger partial charge on any atom is -0.414 e. The van der Waals surface area contributed by atoms with Crippen molar-refractivity contribution in [2.24, 2.45) is 0 Å². The highest BCUT2D eigenvalue weighted by atomic mass is 28.4. The number of rotatable bonds is 25. The maximum atomic E-state index is 11.4. The Morgan fingerprint density at radius 1 is 0.553 bits per heavy atom. The molecule has 0 N–H and O–H groups in total. The lowest BCUT2D eigenvalue weighted by molar-refractivity contribution is -0.137. The Morgan fingerprint density at radius 2 is 0.842 bits per heavy atom. The predicted molar refractivity (Wildman–Crippen MR) is 145 cm³/mol. The van der Waals surface area contributed by atoms with Crippen LogP contribution in [0, 0.1) is 0 Å². The van der Waals surface area contributed by atoms with E-state index in [1.54, 1.807) is 0 Å². The van der Waals surface area contributed by atoms with Gasteiger partial charge in [-0.2, -0.15) is 0 Å². The van der Waals surface area contributed by atoms with Crippen molar-refractivity contribution in [3.05, 3.63) is 12.2 Å². The number of carbonyl (C=O) groups is 2. The van der Waals surface area contributed by atoms with E-state index in [0.717, 1.165) is 4.90 Å². The quantitative estimate of drug-likeness (QED) is 0.0930. The summed E-state index contributed by atoms with van der Waals surface area (Å²) < 4.78 is 44.2. The van der Waals surface area contributed by atoms with Crippen LogP contribution in [0.3, 0.4) is 0 Å². The zero-order valence-electron chi connectivity index (χ0n) is 24.0. The zero-order valence-corrected chi connectivity index (χ0v) is 25.0. The van der Waals surface area contributed by atoms with Gasteiger partial charge in [0.15, 0.2) is 8.32 Å². The van der Waals surface area contributed by atoms with Crippen LogP contribution in [0.1, 0.15) is 20.8 Å². The lowest BCUT2D eigenvalue weighted by Crippen LogP contribution is -2.41. The van der Waals surface area contributed by atoms with Gasteiger partial charge in [0.25, 0.3) is 11.8 Å². The molecule has 222 valence electrons. The van der Waals surface area contributed by atoms with E-state index in [2.05, 4.69) is 33.9 Å². The molecule has 0 aromatic carbocycles. The summed E-state index contributed by atoms with van der Waals surface area (Å²) in [6.07, 6.45) is 2.52. The summed E-state index contributed by atoms with van der Waals surface area (Å²) in [5.74, 6) is -0.602. The average Bonchev–Trinajstić information content (AvgIpc) is 3.18. The number of hydrogen-bond donors (Lipinski definition) is 0. The maximum absolute atomic E-state index is 11.4. The third-order valence-electron chi connectivity index (χ3n) is 6.09. The van der Waals surface area contributed by atoms with Crippen molar-refractivity contribution in [3.8, 4) is 0 Å². The molecule has 0 aliphatic carbocycles. The van der Waals surface area contributed by atoms with E-state index in [1.807, 2.05) is 0 Å². The number of nitrogens with zero attached hydrogens (tertiary/aromatic N) is 1. The van der Waals surface area contributed by atoms with Gasteiger partial charge in [-0.05, 0) is 18.1 Å². The highest BCUT2D eigenvalue weighted by Crippen LogP contribution is 2.36. The highest BCUT2D eigenvalue weighted by molar-refractivity contribution is 6.74. The molecule has 12 heteroatoms. The lowest BCUT2D eigenvalue weighted by Gasteiger charge is -2.36. The third-order valence-corrected chi connectivity index (χ3v) is 10.6. The molecule has 0 fully saturated rings. The van der Waals surface area contributed by atoms with Gasteiger partial charge < -0.3 is 37.6 Å². The lowest BCUT2D eigenvalue weighted by atomic mass is 10.2. The number of hydrogen-bond acceptors (Lipinski definition) is 10. The monoisotopic (exact) mass is 563 g/mol. The molecule has 11 nitrogen and oxygen atoms in total. The molecule has 0 atom stereocenters. The zero-order chi connectivity index (χ0) is 28.1. The maximum Gasteiger partial charge on any atom is 0.253 e. The van der Waals surface area contributed by atoms with Gasteiger partial charge in [0.1, 0.15) is 0 Å². The summed E-state index contributed by atoms with van der Waals surface area (Å²) >= 11 is 0. The van der Waals surface area contributed by atoms with Gasteiger partial charge in [-0.15, -0.1) is 0 Å². The third kappa shape index (κ3) is 16.7. The predicted octanol–water partition coefficient (Wildman–Crippen LogP) is 2.05. The first-order chi connectivity index (χ1) is 18.1. The molecule has 1 heterocycles. The molecule has 0 spiro atoms. The minimum atomic E-state index is -1.70. The smallest absolute Gasteiger partial charge is 0.253 e. The van der Waals surface area contributed by atoms with Gasteiger partial charge in [0.05, 0.1) is 106 Å². The van der Waals surface area contributed by atoms with Crippen LogP contribution in [-0.2, 0) is 47.2 Å². The van der Waals surface area contributed by atoms with Gasteiger partial charge in [-0.3, -0.25) is 14.5 Å². The molecule has 1 aliphatic heterocycles. The van der Waals surface area contributed by atoms with Gasteiger partial charge in [-0.1, -0.05) is 20.8 Å². The van der Waals surface area contributed by atoms with Crippen molar-refractivity contribution >= 4 is 20.1 Å². The molecule has 0 aromatic heterocycles.